The van der Waals surface area contributed by atoms with Gasteiger partial charge in [-0.1, -0.05) is 72.3 Å². The lowest BCUT2D eigenvalue weighted by atomic mass is 9.85. The average Bonchev–Trinajstić information content (AvgIpc) is 2.47. The predicted molar refractivity (Wildman–Crippen MR) is 83.8 cm³/mol. The van der Waals surface area contributed by atoms with E-state index in [2.05, 4.69) is 25.1 Å². The predicted octanol–water partition coefficient (Wildman–Crippen LogP) is 4.40. The fourth-order valence-electron chi connectivity index (χ4n) is 2.68. The van der Waals surface area contributed by atoms with Gasteiger partial charge in [-0.25, -0.2) is 0 Å². The molecule has 1 heteroatoms. The molecule has 20 heavy (non-hydrogen) atoms. The highest BCUT2D eigenvalue weighted by atomic mass is 16.3. The Morgan fingerprint density at radius 2 is 1.45 bits per heavy atom. The maximum atomic E-state index is 11.0. The molecule has 3 rings (SSSR count). The van der Waals surface area contributed by atoms with Gasteiger partial charge in [-0.05, 0) is 35.7 Å². The molecular formula is C19H18O. The van der Waals surface area contributed by atoms with E-state index >= 15 is 0 Å². The van der Waals surface area contributed by atoms with Crippen molar-refractivity contribution in [2.45, 2.75) is 19.4 Å². The molecule has 0 aliphatic carbocycles. The van der Waals surface area contributed by atoms with Crippen LogP contribution in [0.1, 0.15) is 23.6 Å². The zero-order valence-corrected chi connectivity index (χ0v) is 11.8. The van der Waals surface area contributed by atoms with Crippen molar-refractivity contribution >= 4 is 10.8 Å². The first-order chi connectivity index (χ1) is 9.59. The molecule has 0 heterocycles. The third-order valence-corrected chi connectivity index (χ3v) is 3.93. The fourth-order valence-corrected chi connectivity index (χ4v) is 2.68. The van der Waals surface area contributed by atoms with Crippen LogP contribution in [0.5, 0.6) is 0 Å². The Labute approximate surface area is 119 Å². The molecule has 0 aliphatic rings. The Morgan fingerprint density at radius 1 is 0.800 bits per heavy atom. The second kappa shape index (κ2) is 4.77. The summed E-state index contributed by atoms with van der Waals surface area (Å²) in [6.07, 6.45) is 0. The molecule has 0 bridgehead atoms. The number of hydrogen-bond acceptors (Lipinski definition) is 1. The monoisotopic (exact) mass is 262 g/mol. The number of rotatable bonds is 2. The smallest absolute Gasteiger partial charge is 0.112 e. The van der Waals surface area contributed by atoms with Gasteiger partial charge in [-0.15, -0.1) is 0 Å². The molecule has 0 amide bonds. The minimum absolute atomic E-state index is 0.916. The van der Waals surface area contributed by atoms with E-state index in [1.165, 1.54) is 5.56 Å². The van der Waals surface area contributed by atoms with Crippen LogP contribution in [0.2, 0.25) is 0 Å². The van der Waals surface area contributed by atoms with Crippen molar-refractivity contribution in [3.05, 3.63) is 83.4 Å². The molecule has 100 valence electrons. The van der Waals surface area contributed by atoms with E-state index < -0.39 is 5.60 Å². The van der Waals surface area contributed by atoms with E-state index in [9.17, 15) is 5.11 Å². The largest absolute Gasteiger partial charge is 0.381 e. The first-order valence-corrected chi connectivity index (χ1v) is 6.87. The number of aliphatic hydroxyl groups is 1. The molecule has 1 atom stereocenters. The summed E-state index contributed by atoms with van der Waals surface area (Å²) in [7, 11) is 0. The third-order valence-electron chi connectivity index (χ3n) is 3.93. The highest BCUT2D eigenvalue weighted by Gasteiger charge is 2.27. The number of hydrogen-bond donors (Lipinski definition) is 1. The van der Waals surface area contributed by atoms with Crippen LogP contribution in [0.25, 0.3) is 10.8 Å². The van der Waals surface area contributed by atoms with Gasteiger partial charge in [0.05, 0.1) is 0 Å². The second-order valence-electron chi connectivity index (χ2n) is 5.46. The molecule has 0 saturated heterocycles. The summed E-state index contributed by atoms with van der Waals surface area (Å²) in [5.41, 5.74) is 2.07. The molecule has 3 aromatic carbocycles. The van der Waals surface area contributed by atoms with Crippen LogP contribution < -0.4 is 0 Å². The minimum atomic E-state index is -0.992. The molecule has 0 fully saturated rings. The van der Waals surface area contributed by atoms with Crippen molar-refractivity contribution in [2.75, 3.05) is 0 Å². The van der Waals surface area contributed by atoms with Gasteiger partial charge in [0.15, 0.2) is 0 Å². The van der Waals surface area contributed by atoms with Gasteiger partial charge in [-0.3, -0.25) is 0 Å². The van der Waals surface area contributed by atoms with E-state index in [1.54, 1.807) is 0 Å². The molecular weight excluding hydrogens is 244 g/mol. The van der Waals surface area contributed by atoms with Crippen LogP contribution in [0.3, 0.4) is 0 Å². The molecule has 0 aromatic heterocycles. The van der Waals surface area contributed by atoms with Crippen LogP contribution in [-0.2, 0) is 5.60 Å². The van der Waals surface area contributed by atoms with Crippen LogP contribution in [0.4, 0.5) is 0 Å². The lowest BCUT2D eigenvalue weighted by molar-refractivity contribution is 0.104. The highest BCUT2D eigenvalue weighted by Crippen LogP contribution is 2.34. The standard InChI is InChI=1S/C19H18O/c1-14-10-12-16(13-11-14)19(2,20)18-9-5-7-15-6-3-4-8-17(15)18/h3-13,20H,1-2H3/t19-/m0/s1. The molecule has 1 N–H and O–H groups in total. The Balaban J connectivity index is 2.20. The Hall–Kier alpha value is -2.12. The summed E-state index contributed by atoms with van der Waals surface area (Å²) in [5, 5.41) is 13.3. The first kappa shape index (κ1) is 12.9. The molecule has 3 aromatic rings. The van der Waals surface area contributed by atoms with Gasteiger partial charge >= 0.3 is 0 Å². The Morgan fingerprint density at radius 3 is 2.20 bits per heavy atom. The van der Waals surface area contributed by atoms with E-state index in [0.29, 0.717) is 0 Å². The van der Waals surface area contributed by atoms with Gasteiger partial charge in [0, 0.05) is 0 Å². The summed E-state index contributed by atoms with van der Waals surface area (Å²) >= 11 is 0. The lowest BCUT2D eigenvalue weighted by Crippen LogP contribution is -2.23. The van der Waals surface area contributed by atoms with Crippen molar-refractivity contribution in [1.29, 1.82) is 0 Å². The lowest BCUT2D eigenvalue weighted by Gasteiger charge is -2.26. The van der Waals surface area contributed by atoms with Crippen molar-refractivity contribution in [3.63, 3.8) is 0 Å². The van der Waals surface area contributed by atoms with Crippen molar-refractivity contribution in [2.24, 2.45) is 0 Å². The van der Waals surface area contributed by atoms with Crippen LogP contribution in [0.15, 0.2) is 66.7 Å². The summed E-state index contributed by atoms with van der Waals surface area (Å²) in [6.45, 7) is 3.91. The third kappa shape index (κ3) is 2.10. The van der Waals surface area contributed by atoms with Crippen molar-refractivity contribution in [3.8, 4) is 0 Å². The number of benzene rings is 3. The summed E-state index contributed by atoms with van der Waals surface area (Å²) in [6, 6.07) is 22.3. The van der Waals surface area contributed by atoms with Gasteiger partial charge in [-0.2, -0.15) is 0 Å². The van der Waals surface area contributed by atoms with E-state index in [0.717, 1.165) is 21.9 Å². The zero-order valence-electron chi connectivity index (χ0n) is 11.8. The quantitative estimate of drug-likeness (QED) is 0.725. The van der Waals surface area contributed by atoms with E-state index in [-0.39, 0.29) is 0 Å². The summed E-state index contributed by atoms with van der Waals surface area (Å²) in [5.74, 6) is 0. The normalized spacial score (nSPS) is 14.2. The van der Waals surface area contributed by atoms with E-state index in [4.69, 9.17) is 0 Å². The molecule has 0 spiro atoms. The number of fused-ring (bicyclic) bond motifs is 1. The molecule has 0 radical (unpaired) electrons. The highest BCUT2D eigenvalue weighted by molar-refractivity contribution is 5.86. The molecule has 0 saturated carbocycles. The van der Waals surface area contributed by atoms with Crippen molar-refractivity contribution < 1.29 is 5.11 Å². The fraction of sp³-hybridized carbons (Fsp3) is 0.158. The topological polar surface area (TPSA) is 20.2 Å². The molecule has 0 unspecified atom stereocenters. The summed E-state index contributed by atoms with van der Waals surface area (Å²) in [4.78, 5) is 0. The van der Waals surface area contributed by atoms with Gasteiger partial charge < -0.3 is 5.11 Å². The maximum absolute atomic E-state index is 11.0. The summed E-state index contributed by atoms with van der Waals surface area (Å²) < 4.78 is 0. The second-order valence-corrected chi connectivity index (χ2v) is 5.46. The average molecular weight is 262 g/mol. The zero-order chi connectivity index (χ0) is 14.2. The SMILES string of the molecule is Cc1ccc([C@](C)(O)c2cccc3ccccc23)cc1. The van der Waals surface area contributed by atoms with Gasteiger partial charge in [0.1, 0.15) is 5.60 Å². The van der Waals surface area contributed by atoms with Crippen LogP contribution in [-0.4, -0.2) is 5.11 Å². The molecule has 0 aliphatic heterocycles. The Kier molecular flexibility index (Phi) is 3.07. The van der Waals surface area contributed by atoms with Gasteiger partial charge in [0.2, 0.25) is 0 Å². The van der Waals surface area contributed by atoms with Crippen molar-refractivity contribution in [1.82, 2.24) is 0 Å². The van der Waals surface area contributed by atoms with Crippen LogP contribution >= 0.6 is 0 Å². The molecule has 1 nitrogen and oxygen atoms in total. The Bertz CT molecular complexity index is 734. The van der Waals surface area contributed by atoms with E-state index in [1.807, 2.05) is 55.5 Å². The minimum Gasteiger partial charge on any atom is -0.381 e. The van der Waals surface area contributed by atoms with Gasteiger partial charge in [0.25, 0.3) is 0 Å². The van der Waals surface area contributed by atoms with Crippen LogP contribution in [0, 0.1) is 6.92 Å². The number of aryl methyl sites for hydroxylation is 1. The first-order valence-electron chi connectivity index (χ1n) is 6.87. The maximum Gasteiger partial charge on any atom is 0.112 e.